The number of nitrogens with one attached hydrogen (secondary N) is 5. The summed E-state index contributed by atoms with van der Waals surface area (Å²) in [5.41, 5.74) is 28.2. The summed E-state index contributed by atoms with van der Waals surface area (Å²) in [7, 11) is 20.5. The molecule has 8 N–H and O–H groups in total. The third-order valence-corrected chi connectivity index (χ3v) is 19.9. The Bertz CT molecular complexity index is 5260. The van der Waals surface area contributed by atoms with E-state index in [1.807, 2.05) is 134 Å². The van der Waals surface area contributed by atoms with Crippen LogP contribution in [-0.4, -0.2) is 233 Å². The van der Waals surface area contributed by atoms with E-state index in [-0.39, 0.29) is 36.2 Å². The zero-order chi connectivity index (χ0) is 89.6. The van der Waals surface area contributed by atoms with Gasteiger partial charge in [-0.1, -0.05) is 88.5 Å². The zero-order valence-corrected chi connectivity index (χ0v) is 76.4. The summed E-state index contributed by atoms with van der Waals surface area (Å²) in [5, 5.41) is 31.2. The number of esters is 3. The predicted molar refractivity (Wildman–Crippen MR) is 502 cm³/mol. The molecule has 25 nitrogen and oxygen atoms in total. The summed E-state index contributed by atoms with van der Waals surface area (Å²) in [6.45, 7) is 35.2. The summed E-state index contributed by atoms with van der Waals surface area (Å²) >= 11 is 0. The van der Waals surface area contributed by atoms with Gasteiger partial charge in [-0.05, 0) is 289 Å². The molecule has 0 saturated carbocycles. The molecule has 0 unspecified atom stereocenters. The monoisotopic (exact) mass is 1670 g/mol. The molecule has 1 amide bonds. The number of rotatable bonds is 34. The molecule has 5 aromatic heterocycles. The van der Waals surface area contributed by atoms with Gasteiger partial charge in [0.15, 0.2) is 0 Å². The van der Waals surface area contributed by atoms with Gasteiger partial charge in [-0.25, -0.2) is 19.2 Å². The summed E-state index contributed by atoms with van der Waals surface area (Å²) in [5.74, 6) is -2.44. The first-order chi connectivity index (χ1) is 58.0. The normalized spacial score (nSPS) is 11.2. The van der Waals surface area contributed by atoms with Crippen LogP contribution >= 0.6 is 0 Å². The molecule has 0 aliphatic carbocycles. The fourth-order valence-electron chi connectivity index (χ4n) is 14.4. The van der Waals surface area contributed by atoms with Crippen LogP contribution in [0.4, 0.5) is 28.4 Å². The second-order valence-corrected chi connectivity index (χ2v) is 32.9. The minimum atomic E-state index is -0.955. The number of carboxylic acid groups (broad SMARTS) is 1. The van der Waals surface area contributed by atoms with Gasteiger partial charge in [-0.2, -0.15) is 0 Å². The number of hydrogen-bond acceptors (Lipinski definition) is 23. The lowest BCUT2D eigenvalue weighted by Gasteiger charge is -2.17. The Kier molecular flexibility index (Phi) is 38.1. The number of nitrogens with zero attached hydrogens (tertiary/aromatic N) is 10. The van der Waals surface area contributed by atoms with E-state index in [9.17, 15) is 29.1 Å². The lowest BCUT2D eigenvalue weighted by atomic mass is 10.0. The molecular weight excluding hydrogens is 1530 g/mol. The molecule has 0 saturated heterocycles. The van der Waals surface area contributed by atoms with Crippen LogP contribution in [-0.2, 0) is 20.8 Å². The molecule has 0 atom stereocenters. The van der Waals surface area contributed by atoms with Crippen LogP contribution in [0.25, 0.3) is 54.5 Å². The number of ether oxygens (including phenoxy) is 3. The van der Waals surface area contributed by atoms with Gasteiger partial charge in [0.1, 0.15) is 28.9 Å². The minimum Gasteiger partial charge on any atom is -0.478 e. The van der Waals surface area contributed by atoms with Crippen molar-refractivity contribution in [2.75, 3.05) is 169 Å². The topological polar surface area (TPSA) is 300 Å². The van der Waals surface area contributed by atoms with E-state index in [1.165, 1.54) is 6.20 Å². The average molecular weight is 1670 g/mol. The largest absolute Gasteiger partial charge is 0.478 e. The molecule has 122 heavy (non-hydrogen) atoms. The van der Waals surface area contributed by atoms with Crippen LogP contribution < -0.4 is 32.3 Å². The van der Waals surface area contributed by atoms with Crippen molar-refractivity contribution in [3.63, 3.8) is 0 Å². The highest BCUT2D eigenvalue weighted by atomic mass is 16.5. The van der Waals surface area contributed by atoms with Gasteiger partial charge >= 0.3 is 23.9 Å². The number of carboxylic acids is 1. The van der Waals surface area contributed by atoms with Crippen molar-refractivity contribution in [2.45, 2.75) is 135 Å². The Morgan fingerprint density at radius 1 is 0.369 bits per heavy atom. The van der Waals surface area contributed by atoms with Crippen LogP contribution in [0.2, 0.25) is 0 Å². The lowest BCUT2D eigenvalue weighted by Crippen LogP contribution is -2.19. The Morgan fingerprint density at radius 3 is 0.885 bits per heavy atom. The zero-order valence-electron chi connectivity index (χ0n) is 76.4. The van der Waals surface area contributed by atoms with Crippen molar-refractivity contribution in [1.29, 1.82) is 0 Å². The maximum absolute atomic E-state index is 12.9. The molecule has 5 heterocycles. The van der Waals surface area contributed by atoms with Gasteiger partial charge in [0.25, 0.3) is 5.91 Å². The molecule has 0 spiro atoms. The first kappa shape index (κ1) is 97.6. The second-order valence-electron chi connectivity index (χ2n) is 32.9. The number of carbonyl (C=O) groups excluding carboxylic acids is 4. The third kappa shape index (κ3) is 28.9. The Morgan fingerprint density at radius 2 is 0.623 bits per heavy atom. The SMILES string of the molecule is CCOC(=O)c1cnc2c(C)cc(C)cc2c1NCCCN(C)C.Cc1cc(C)c2ncc(C(=O)O)c(NCCCN(C)C)c2c1.Cc1cc(C)c2ncc(C(=O)OC(C)C)c(NCCCN(C)C)c2c1.Cc1cc(C)c2ncc(C(=O)OCc3ccccc3)c(NCCCN(C)C)c2c1.Cc1cc(C)c2ncc(C(N)=O)c(NCCCN(C)C)c2c1. The molecule has 25 heteroatoms. The van der Waals surface area contributed by atoms with Crippen molar-refractivity contribution in [2.24, 2.45) is 5.73 Å². The van der Waals surface area contributed by atoms with Gasteiger partial charge in [-0.15, -0.1) is 0 Å². The molecule has 0 aliphatic heterocycles. The quantitative estimate of drug-likeness (QED) is 0.0112. The number of primary amides is 1. The molecule has 11 aromatic rings. The Hall–Kier alpha value is -11.5. The third-order valence-electron chi connectivity index (χ3n) is 19.9. The van der Waals surface area contributed by atoms with Crippen LogP contribution in [0.1, 0.15) is 166 Å². The Labute approximate surface area is 722 Å². The van der Waals surface area contributed by atoms with Crippen molar-refractivity contribution < 1.29 is 43.3 Å². The molecule has 6 aromatic carbocycles. The van der Waals surface area contributed by atoms with E-state index in [1.54, 1.807) is 24.8 Å². The van der Waals surface area contributed by atoms with Crippen molar-refractivity contribution in [1.82, 2.24) is 49.4 Å². The van der Waals surface area contributed by atoms with E-state index in [4.69, 9.17) is 19.9 Å². The molecule has 654 valence electrons. The molecular formula is C97H132N16O9. The fraction of sp³-hybridized carbons (Fsp3) is 0.423. The molecule has 0 fully saturated rings. The number of pyridine rings is 5. The van der Waals surface area contributed by atoms with E-state index < -0.39 is 11.9 Å². The van der Waals surface area contributed by atoms with Gasteiger partial charge in [-0.3, -0.25) is 29.7 Å². The first-order valence-corrected chi connectivity index (χ1v) is 42.0. The number of aromatic nitrogens is 5. The van der Waals surface area contributed by atoms with Gasteiger partial charge in [0, 0.05) is 90.6 Å². The van der Waals surface area contributed by atoms with Crippen LogP contribution in [0.3, 0.4) is 0 Å². The van der Waals surface area contributed by atoms with E-state index >= 15 is 0 Å². The lowest BCUT2D eigenvalue weighted by molar-refractivity contribution is 0.0376. The summed E-state index contributed by atoms with van der Waals surface area (Å²) in [4.78, 5) is 93.9. The number of fused-ring (bicyclic) bond motifs is 5. The number of carbonyl (C=O) groups is 5. The summed E-state index contributed by atoms with van der Waals surface area (Å²) in [6.07, 6.45) is 12.6. The molecule has 11 rings (SSSR count). The fourth-order valence-corrected chi connectivity index (χ4v) is 14.4. The smallest absolute Gasteiger partial charge is 0.342 e. The number of nitrogens with two attached hydrogens (primary N) is 1. The molecule has 0 radical (unpaired) electrons. The number of anilines is 5. The summed E-state index contributed by atoms with van der Waals surface area (Å²) in [6, 6.07) is 30.5. The summed E-state index contributed by atoms with van der Waals surface area (Å²) < 4.78 is 16.2. The highest BCUT2D eigenvalue weighted by molar-refractivity contribution is 6.10. The highest BCUT2D eigenvalue weighted by Crippen LogP contribution is 2.36. The van der Waals surface area contributed by atoms with Gasteiger partial charge in [0.05, 0.1) is 74.3 Å². The number of benzene rings is 6. The van der Waals surface area contributed by atoms with E-state index in [2.05, 4.69) is 194 Å². The first-order valence-electron chi connectivity index (χ1n) is 42.0. The number of amides is 1. The van der Waals surface area contributed by atoms with Crippen molar-refractivity contribution >= 4 is 113 Å². The second kappa shape index (κ2) is 47.7. The molecule has 0 bridgehead atoms. The van der Waals surface area contributed by atoms with E-state index in [0.717, 1.165) is 236 Å². The van der Waals surface area contributed by atoms with Gasteiger partial charge < -0.3 is 76.1 Å². The average Bonchev–Trinajstić information content (AvgIpc) is 0.826. The number of aromatic carboxylic acids is 1. The van der Waals surface area contributed by atoms with Crippen molar-refractivity contribution in [3.05, 3.63) is 211 Å². The van der Waals surface area contributed by atoms with Gasteiger partial charge in [0.2, 0.25) is 0 Å². The number of hydrogen-bond donors (Lipinski definition) is 7. The molecule has 0 aliphatic rings. The van der Waals surface area contributed by atoms with Crippen LogP contribution in [0.5, 0.6) is 0 Å². The maximum atomic E-state index is 12.9. The highest BCUT2D eigenvalue weighted by Gasteiger charge is 2.24. The van der Waals surface area contributed by atoms with E-state index in [0.29, 0.717) is 34.5 Å². The predicted octanol–water partition coefficient (Wildman–Crippen LogP) is 17.0. The standard InChI is InChI=1S/C24H29N3O2.C20H29N3O2.C19H27N3O2.C17H24N4O.C17H23N3O2/c1-17-13-18(2)22-20(14-17)23(25-11-8-12-27(3)4)21(15-26-22)24(28)29-16-19-9-6-5-7-10-19;1-13(2)25-20(24)17-12-22-18-15(4)10-14(3)11-16(18)19(17)21-8-7-9-23(5)6;1-6-24-19(23)16-12-21-17-14(3)10-13(2)11-15(17)18(16)20-8-7-9-22(4)5;1-11-8-12(2)15-13(9-11)16(14(10-20-15)17(18)22)19-6-5-7-21(3)4;1-11-8-12(2)15-13(9-11)16(14(10-19-15)17(21)22)18-6-5-7-20(3)4/h5-7,9-10,13-15H,8,11-12,16H2,1-4H3,(H,25,26);10-13H,7-9H2,1-6H3,(H,21,22);10-12H,6-9H2,1-5H3,(H,20,21);8-10H,5-7H2,1-4H3,(H2,18,22)(H,19,20);8-10H,5-7H2,1-4H3,(H,18,19)(H,21,22). The van der Waals surface area contributed by atoms with Crippen molar-refractivity contribution in [3.8, 4) is 0 Å². The van der Waals surface area contributed by atoms with Crippen LogP contribution in [0, 0.1) is 69.2 Å². The van der Waals surface area contributed by atoms with Crippen LogP contribution in [0.15, 0.2) is 122 Å². The Balaban J connectivity index is 0.000000211. The minimum absolute atomic E-state index is 0.163. The maximum Gasteiger partial charge on any atom is 0.342 e. The number of aryl methyl sites for hydroxylation is 10.